The van der Waals surface area contributed by atoms with Gasteiger partial charge in [-0.05, 0) is 39.2 Å². The number of aromatic nitrogens is 2. The van der Waals surface area contributed by atoms with E-state index in [9.17, 15) is 0 Å². The summed E-state index contributed by atoms with van der Waals surface area (Å²) in [7, 11) is 0. The molecule has 0 bridgehead atoms. The van der Waals surface area contributed by atoms with E-state index in [2.05, 4.69) is 15.3 Å². The first-order valence-electron chi connectivity index (χ1n) is 7.18. The Bertz CT molecular complexity index is 410. The topological polar surface area (TPSA) is 73.1 Å². The molecule has 19 heavy (non-hydrogen) atoms. The van der Waals surface area contributed by atoms with Gasteiger partial charge in [0.1, 0.15) is 0 Å². The second-order valence-electron chi connectivity index (χ2n) is 5.14. The quantitative estimate of drug-likeness (QED) is 0.852. The number of anilines is 1. The van der Waals surface area contributed by atoms with Crippen LogP contribution in [-0.2, 0) is 0 Å². The van der Waals surface area contributed by atoms with Gasteiger partial charge in [0.2, 0.25) is 11.8 Å². The first-order valence-corrected chi connectivity index (χ1v) is 7.18. The zero-order chi connectivity index (χ0) is 13.7. The lowest BCUT2D eigenvalue weighted by Gasteiger charge is -2.31. The number of nitrogens with two attached hydrogens (primary N) is 1. The van der Waals surface area contributed by atoms with Gasteiger partial charge in [0.05, 0.1) is 6.61 Å². The van der Waals surface area contributed by atoms with Crippen LogP contribution in [0.3, 0.4) is 0 Å². The van der Waals surface area contributed by atoms with E-state index < -0.39 is 0 Å². The molecule has 2 rings (SSSR count). The molecule has 0 spiro atoms. The SMILES string of the molecule is CCOc1cc(C)nc(NC2CCCCC2CN)n1. The van der Waals surface area contributed by atoms with Crippen molar-refractivity contribution in [2.75, 3.05) is 18.5 Å². The normalized spacial score (nSPS) is 23.1. The summed E-state index contributed by atoms with van der Waals surface area (Å²) in [5, 5.41) is 3.44. The van der Waals surface area contributed by atoms with Gasteiger partial charge in [0, 0.05) is 17.8 Å². The smallest absolute Gasteiger partial charge is 0.226 e. The van der Waals surface area contributed by atoms with Crippen LogP contribution < -0.4 is 15.8 Å². The molecule has 1 aliphatic rings. The lowest BCUT2D eigenvalue weighted by Crippen LogP contribution is -2.37. The van der Waals surface area contributed by atoms with Crippen molar-refractivity contribution in [3.05, 3.63) is 11.8 Å². The van der Waals surface area contributed by atoms with Gasteiger partial charge in [-0.25, -0.2) is 4.98 Å². The van der Waals surface area contributed by atoms with E-state index in [0.717, 1.165) is 18.7 Å². The molecule has 1 aromatic heterocycles. The molecule has 0 amide bonds. The predicted octanol–water partition coefficient (Wildman–Crippen LogP) is 2.11. The lowest BCUT2D eigenvalue weighted by molar-refractivity contribution is 0.322. The monoisotopic (exact) mass is 264 g/mol. The molecule has 3 N–H and O–H groups in total. The number of nitrogens with one attached hydrogen (secondary N) is 1. The minimum atomic E-state index is 0.384. The molecule has 1 fully saturated rings. The highest BCUT2D eigenvalue weighted by atomic mass is 16.5. The third-order valence-electron chi connectivity index (χ3n) is 3.65. The van der Waals surface area contributed by atoms with Gasteiger partial charge >= 0.3 is 0 Å². The fourth-order valence-electron chi connectivity index (χ4n) is 2.67. The first-order chi connectivity index (χ1) is 9.22. The molecule has 0 aromatic carbocycles. The number of ether oxygens (including phenoxy) is 1. The van der Waals surface area contributed by atoms with Crippen LogP contribution in [0.4, 0.5) is 5.95 Å². The highest BCUT2D eigenvalue weighted by Gasteiger charge is 2.24. The Morgan fingerprint density at radius 1 is 1.37 bits per heavy atom. The molecule has 2 atom stereocenters. The van der Waals surface area contributed by atoms with Crippen LogP contribution in [-0.4, -0.2) is 29.2 Å². The summed E-state index contributed by atoms with van der Waals surface area (Å²) in [4.78, 5) is 8.84. The average molecular weight is 264 g/mol. The van der Waals surface area contributed by atoms with Crippen molar-refractivity contribution in [3.8, 4) is 5.88 Å². The molecule has 2 unspecified atom stereocenters. The summed E-state index contributed by atoms with van der Waals surface area (Å²) in [5.41, 5.74) is 6.77. The molecular formula is C14H24N4O. The molecule has 5 heteroatoms. The summed E-state index contributed by atoms with van der Waals surface area (Å²) < 4.78 is 5.45. The minimum absolute atomic E-state index is 0.384. The van der Waals surface area contributed by atoms with E-state index in [-0.39, 0.29) is 0 Å². The van der Waals surface area contributed by atoms with Gasteiger partial charge in [-0.3, -0.25) is 0 Å². The highest BCUT2D eigenvalue weighted by molar-refractivity contribution is 5.32. The summed E-state index contributed by atoms with van der Waals surface area (Å²) >= 11 is 0. The molecule has 0 aliphatic heterocycles. The number of hydrogen-bond donors (Lipinski definition) is 2. The maximum Gasteiger partial charge on any atom is 0.226 e. The fraction of sp³-hybridized carbons (Fsp3) is 0.714. The Hall–Kier alpha value is -1.36. The van der Waals surface area contributed by atoms with Crippen LogP contribution in [0.1, 0.15) is 38.3 Å². The van der Waals surface area contributed by atoms with Crippen molar-refractivity contribution in [1.29, 1.82) is 0 Å². The summed E-state index contributed by atoms with van der Waals surface area (Å²) in [6.07, 6.45) is 4.86. The van der Waals surface area contributed by atoms with Gasteiger partial charge in [-0.15, -0.1) is 0 Å². The van der Waals surface area contributed by atoms with Crippen LogP contribution in [0.5, 0.6) is 5.88 Å². The Balaban J connectivity index is 2.08. The van der Waals surface area contributed by atoms with Gasteiger partial charge < -0.3 is 15.8 Å². The van der Waals surface area contributed by atoms with Gasteiger partial charge in [0.15, 0.2) is 0 Å². The highest BCUT2D eigenvalue weighted by Crippen LogP contribution is 2.26. The van der Waals surface area contributed by atoms with Crippen LogP contribution in [0, 0.1) is 12.8 Å². The number of aryl methyl sites for hydroxylation is 1. The van der Waals surface area contributed by atoms with Crippen molar-refractivity contribution in [2.24, 2.45) is 11.7 Å². The van der Waals surface area contributed by atoms with Crippen molar-refractivity contribution in [1.82, 2.24) is 9.97 Å². The average Bonchev–Trinajstić information content (AvgIpc) is 2.39. The molecule has 1 heterocycles. The van der Waals surface area contributed by atoms with Crippen molar-refractivity contribution in [3.63, 3.8) is 0 Å². The summed E-state index contributed by atoms with van der Waals surface area (Å²) in [6.45, 7) is 5.25. The van der Waals surface area contributed by atoms with E-state index in [4.69, 9.17) is 10.5 Å². The predicted molar refractivity (Wildman–Crippen MR) is 76.4 cm³/mol. The molecule has 1 aliphatic carbocycles. The number of rotatable bonds is 5. The van der Waals surface area contributed by atoms with Crippen LogP contribution in [0.2, 0.25) is 0 Å². The number of hydrogen-bond acceptors (Lipinski definition) is 5. The van der Waals surface area contributed by atoms with Crippen molar-refractivity contribution in [2.45, 2.75) is 45.6 Å². The zero-order valence-electron chi connectivity index (χ0n) is 11.9. The summed E-state index contributed by atoms with van der Waals surface area (Å²) in [5.74, 6) is 1.82. The molecule has 0 radical (unpaired) electrons. The minimum Gasteiger partial charge on any atom is -0.478 e. The zero-order valence-corrected chi connectivity index (χ0v) is 11.9. The second-order valence-corrected chi connectivity index (χ2v) is 5.14. The fourth-order valence-corrected chi connectivity index (χ4v) is 2.67. The maximum atomic E-state index is 5.85. The van der Waals surface area contributed by atoms with Crippen molar-refractivity contribution < 1.29 is 4.74 Å². The standard InChI is InChI=1S/C14H24N4O/c1-3-19-13-8-10(2)16-14(18-13)17-12-7-5-4-6-11(12)9-15/h8,11-12H,3-7,9,15H2,1-2H3,(H,16,17,18). The van der Waals surface area contributed by atoms with Gasteiger partial charge in [-0.2, -0.15) is 4.98 Å². The number of nitrogens with zero attached hydrogens (tertiary/aromatic N) is 2. The molecular weight excluding hydrogens is 240 g/mol. The second kappa shape index (κ2) is 6.70. The largest absolute Gasteiger partial charge is 0.478 e. The van der Waals surface area contributed by atoms with Crippen LogP contribution in [0.25, 0.3) is 0 Å². The van der Waals surface area contributed by atoms with E-state index in [1.165, 1.54) is 19.3 Å². The Kier molecular flexibility index (Phi) is 4.96. The molecule has 1 saturated carbocycles. The molecule has 0 saturated heterocycles. The Morgan fingerprint density at radius 2 is 2.16 bits per heavy atom. The Labute approximate surface area is 115 Å². The summed E-state index contributed by atoms with van der Waals surface area (Å²) in [6, 6.07) is 2.24. The van der Waals surface area contributed by atoms with E-state index in [0.29, 0.717) is 30.4 Å². The molecule has 106 valence electrons. The Morgan fingerprint density at radius 3 is 2.89 bits per heavy atom. The van der Waals surface area contributed by atoms with Crippen LogP contribution in [0.15, 0.2) is 6.07 Å². The lowest BCUT2D eigenvalue weighted by atomic mass is 9.84. The maximum absolute atomic E-state index is 5.85. The van der Waals surface area contributed by atoms with E-state index in [1.807, 2.05) is 19.9 Å². The molecule has 5 nitrogen and oxygen atoms in total. The van der Waals surface area contributed by atoms with Gasteiger partial charge in [-0.1, -0.05) is 12.8 Å². The van der Waals surface area contributed by atoms with E-state index in [1.54, 1.807) is 0 Å². The third-order valence-corrected chi connectivity index (χ3v) is 3.65. The van der Waals surface area contributed by atoms with Crippen molar-refractivity contribution >= 4 is 5.95 Å². The van der Waals surface area contributed by atoms with Crippen LogP contribution >= 0.6 is 0 Å². The van der Waals surface area contributed by atoms with E-state index >= 15 is 0 Å². The van der Waals surface area contributed by atoms with Gasteiger partial charge in [0.25, 0.3) is 0 Å². The third kappa shape index (κ3) is 3.80. The first kappa shape index (κ1) is 14.1. The molecule has 1 aromatic rings.